The summed E-state index contributed by atoms with van der Waals surface area (Å²) in [5.74, 6) is 0.00298. The van der Waals surface area contributed by atoms with E-state index in [1.54, 1.807) is 30.3 Å². The Morgan fingerprint density at radius 2 is 1.64 bits per heavy atom. The van der Waals surface area contributed by atoms with Crippen LogP contribution in [0.15, 0.2) is 60.2 Å². The number of esters is 1. The van der Waals surface area contributed by atoms with Crippen LogP contribution < -0.4 is 4.74 Å². The Hall–Kier alpha value is -2.68. The van der Waals surface area contributed by atoms with Gasteiger partial charge < -0.3 is 4.74 Å². The lowest BCUT2D eigenvalue weighted by molar-refractivity contribution is -0.129. The van der Waals surface area contributed by atoms with Crippen LogP contribution in [0, 0.1) is 6.92 Å². The summed E-state index contributed by atoms with van der Waals surface area (Å²) in [4.78, 5) is 24.0. The summed E-state index contributed by atoms with van der Waals surface area (Å²) in [5, 5.41) is 0. The van der Waals surface area contributed by atoms with Gasteiger partial charge in [0.05, 0.1) is 0 Å². The lowest BCUT2D eigenvalue weighted by atomic mass is 10.0. The van der Waals surface area contributed by atoms with Gasteiger partial charge in [0.2, 0.25) is 0 Å². The van der Waals surface area contributed by atoms with Crippen molar-refractivity contribution in [2.45, 2.75) is 20.8 Å². The zero-order valence-electron chi connectivity index (χ0n) is 12.9. The molecule has 3 nitrogen and oxygen atoms in total. The summed E-state index contributed by atoms with van der Waals surface area (Å²) in [6.07, 6.45) is 1.43. The summed E-state index contributed by atoms with van der Waals surface area (Å²) >= 11 is 0. The van der Waals surface area contributed by atoms with Crippen molar-refractivity contribution in [2.75, 3.05) is 0 Å². The Labute approximate surface area is 130 Å². The fraction of sp³-hybridized carbons (Fsp3) is 0.158. The van der Waals surface area contributed by atoms with Crippen LogP contribution in [0.25, 0.3) is 0 Å². The standard InChI is InChI=1S/C19H18O3/c1-13(2)11-18(20)22-17-10-9-16(12-14(17)3)19(21)15-7-5-4-6-8-15/h4-12H,1-3H3. The monoisotopic (exact) mass is 294 g/mol. The second kappa shape index (κ2) is 6.85. The van der Waals surface area contributed by atoms with Gasteiger partial charge >= 0.3 is 5.97 Å². The number of hydrogen-bond acceptors (Lipinski definition) is 3. The number of ketones is 1. The zero-order valence-corrected chi connectivity index (χ0v) is 12.9. The van der Waals surface area contributed by atoms with Crippen molar-refractivity contribution in [3.8, 4) is 5.75 Å². The maximum Gasteiger partial charge on any atom is 0.336 e. The van der Waals surface area contributed by atoms with Gasteiger partial charge in [0, 0.05) is 17.2 Å². The maximum absolute atomic E-state index is 12.4. The fourth-order valence-corrected chi connectivity index (χ4v) is 2.03. The summed E-state index contributed by atoms with van der Waals surface area (Å²) in [6, 6.07) is 14.1. The van der Waals surface area contributed by atoms with Crippen molar-refractivity contribution in [3.05, 3.63) is 76.9 Å². The van der Waals surface area contributed by atoms with Crippen LogP contribution in [0.1, 0.15) is 35.3 Å². The summed E-state index contributed by atoms with van der Waals surface area (Å²) in [7, 11) is 0. The SMILES string of the molecule is CC(C)=CC(=O)Oc1ccc(C(=O)c2ccccc2)cc1C. The van der Waals surface area contributed by atoms with Gasteiger partial charge in [0.1, 0.15) is 5.75 Å². The number of ether oxygens (including phenoxy) is 1. The predicted molar refractivity (Wildman–Crippen MR) is 86.1 cm³/mol. The maximum atomic E-state index is 12.4. The molecular weight excluding hydrogens is 276 g/mol. The van der Waals surface area contributed by atoms with E-state index < -0.39 is 5.97 Å². The molecule has 0 aliphatic carbocycles. The molecule has 0 fully saturated rings. The average molecular weight is 294 g/mol. The minimum atomic E-state index is -0.412. The van der Waals surface area contributed by atoms with E-state index in [0.29, 0.717) is 16.9 Å². The van der Waals surface area contributed by atoms with Gasteiger partial charge in [-0.3, -0.25) is 4.79 Å². The molecule has 2 rings (SSSR count). The van der Waals surface area contributed by atoms with Crippen molar-refractivity contribution >= 4 is 11.8 Å². The third kappa shape index (κ3) is 3.92. The van der Waals surface area contributed by atoms with Gasteiger partial charge in [-0.05, 0) is 44.5 Å². The molecule has 0 radical (unpaired) electrons. The summed E-state index contributed by atoms with van der Waals surface area (Å²) < 4.78 is 5.27. The second-order valence-electron chi connectivity index (χ2n) is 5.32. The Balaban J connectivity index is 2.21. The van der Waals surface area contributed by atoms with E-state index in [4.69, 9.17) is 4.74 Å². The molecule has 112 valence electrons. The number of benzene rings is 2. The molecule has 0 aliphatic rings. The normalized spacial score (nSPS) is 9.95. The number of carbonyl (C=O) groups excluding carboxylic acids is 2. The van der Waals surface area contributed by atoms with Crippen LogP contribution in [0.2, 0.25) is 0 Å². The van der Waals surface area contributed by atoms with E-state index in [2.05, 4.69) is 0 Å². The number of allylic oxidation sites excluding steroid dienone is 1. The first kappa shape index (κ1) is 15.7. The molecule has 0 spiro atoms. The molecule has 0 amide bonds. The van der Waals surface area contributed by atoms with Crippen LogP contribution in [0.4, 0.5) is 0 Å². The Bertz CT molecular complexity index is 724. The predicted octanol–water partition coefficient (Wildman–Crippen LogP) is 4.10. The van der Waals surface area contributed by atoms with Crippen molar-refractivity contribution in [1.29, 1.82) is 0 Å². The average Bonchev–Trinajstić information content (AvgIpc) is 2.48. The molecule has 2 aromatic rings. The van der Waals surface area contributed by atoms with E-state index in [9.17, 15) is 9.59 Å². The number of carbonyl (C=O) groups is 2. The van der Waals surface area contributed by atoms with Crippen molar-refractivity contribution in [2.24, 2.45) is 0 Å². The molecule has 0 saturated carbocycles. The van der Waals surface area contributed by atoms with Crippen molar-refractivity contribution in [3.63, 3.8) is 0 Å². The van der Waals surface area contributed by atoms with Crippen molar-refractivity contribution in [1.82, 2.24) is 0 Å². The highest BCUT2D eigenvalue weighted by Crippen LogP contribution is 2.21. The van der Waals surface area contributed by atoms with E-state index in [1.807, 2.05) is 39.0 Å². The molecule has 0 atom stereocenters. The molecule has 3 heteroatoms. The first-order chi connectivity index (χ1) is 10.5. The summed E-state index contributed by atoms with van der Waals surface area (Å²) in [5.41, 5.74) is 2.83. The fourth-order valence-electron chi connectivity index (χ4n) is 2.03. The van der Waals surface area contributed by atoms with Gasteiger partial charge in [-0.2, -0.15) is 0 Å². The van der Waals surface area contributed by atoms with E-state index in [0.717, 1.165) is 11.1 Å². The first-order valence-electron chi connectivity index (χ1n) is 7.04. The lowest BCUT2D eigenvalue weighted by Gasteiger charge is -2.08. The molecule has 0 saturated heterocycles. The van der Waals surface area contributed by atoms with Crippen LogP contribution in [-0.4, -0.2) is 11.8 Å². The number of hydrogen-bond donors (Lipinski definition) is 0. The Morgan fingerprint density at radius 1 is 0.955 bits per heavy atom. The van der Waals surface area contributed by atoms with E-state index in [1.165, 1.54) is 6.08 Å². The van der Waals surface area contributed by atoms with Gasteiger partial charge in [0.15, 0.2) is 5.78 Å². The first-order valence-corrected chi connectivity index (χ1v) is 7.04. The number of rotatable bonds is 4. The highest BCUT2D eigenvalue weighted by atomic mass is 16.5. The minimum absolute atomic E-state index is 0.0501. The topological polar surface area (TPSA) is 43.4 Å². The molecule has 0 heterocycles. The molecule has 2 aromatic carbocycles. The smallest absolute Gasteiger partial charge is 0.336 e. The molecule has 0 bridgehead atoms. The molecular formula is C19H18O3. The van der Waals surface area contributed by atoms with Gasteiger partial charge in [-0.15, -0.1) is 0 Å². The summed E-state index contributed by atoms with van der Waals surface area (Å²) in [6.45, 7) is 5.47. The molecule has 22 heavy (non-hydrogen) atoms. The largest absolute Gasteiger partial charge is 0.423 e. The highest BCUT2D eigenvalue weighted by Gasteiger charge is 2.11. The van der Waals surface area contributed by atoms with Crippen LogP contribution >= 0.6 is 0 Å². The van der Waals surface area contributed by atoms with Gasteiger partial charge in [0.25, 0.3) is 0 Å². The van der Waals surface area contributed by atoms with Gasteiger partial charge in [-0.1, -0.05) is 35.9 Å². The molecule has 0 unspecified atom stereocenters. The van der Waals surface area contributed by atoms with Crippen molar-refractivity contribution < 1.29 is 14.3 Å². The third-order valence-corrected chi connectivity index (χ3v) is 3.09. The minimum Gasteiger partial charge on any atom is -0.423 e. The molecule has 0 aliphatic heterocycles. The third-order valence-electron chi connectivity index (χ3n) is 3.09. The molecule has 0 N–H and O–H groups in total. The Kier molecular flexibility index (Phi) is 4.89. The van der Waals surface area contributed by atoms with Gasteiger partial charge in [-0.25, -0.2) is 4.79 Å². The zero-order chi connectivity index (χ0) is 16.1. The lowest BCUT2D eigenvalue weighted by Crippen LogP contribution is -2.07. The molecule has 0 aromatic heterocycles. The number of aryl methyl sites for hydroxylation is 1. The highest BCUT2D eigenvalue weighted by molar-refractivity contribution is 6.09. The van der Waals surface area contributed by atoms with Crippen LogP contribution in [0.5, 0.6) is 5.75 Å². The second-order valence-corrected chi connectivity index (χ2v) is 5.32. The van der Waals surface area contributed by atoms with Crippen LogP contribution in [-0.2, 0) is 4.79 Å². The van der Waals surface area contributed by atoms with E-state index in [-0.39, 0.29) is 5.78 Å². The Morgan fingerprint density at radius 3 is 2.23 bits per heavy atom. The van der Waals surface area contributed by atoms with E-state index >= 15 is 0 Å². The quantitative estimate of drug-likeness (QED) is 0.369. The van der Waals surface area contributed by atoms with Crippen LogP contribution in [0.3, 0.4) is 0 Å².